The van der Waals surface area contributed by atoms with Crippen molar-refractivity contribution in [1.29, 1.82) is 5.41 Å². The molecule has 31 heavy (non-hydrogen) atoms. The summed E-state index contributed by atoms with van der Waals surface area (Å²) in [5.41, 5.74) is 0.906. The number of benzene rings is 1. The molecule has 1 aromatic carbocycles. The van der Waals surface area contributed by atoms with Crippen molar-refractivity contribution >= 4 is 44.9 Å². The van der Waals surface area contributed by atoms with Crippen LogP contribution in [0.3, 0.4) is 0 Å². The minimum absolute atomic E-state index is 0.0904. The topological polar surface area (TPSA) is 136 Å². The van der Waals surface area contributed by atoms with Crippen LogP contribution in [0.4, 0.5) is 10.7 Å². The highest BCUT2D eigenvalue weighted by atomic mass is 32.1. The molecule has 0 bridgehead atoms. The number of hydrogen-bond acceptors (Lipinski definition) is 8. The highest BCUT2D eigenvalue weighted by Gasteiger charge is 2.27. The van der Waals surface area contributed by atoms with Crippen molar-refractivity contribution in [3.05, 3.63) is 61.5 Å². The van der Waals surface area contributed by atoms with Gasteiger partial charge >= 0.3 is 5.97 Å². The molecule has 2 aromatic heterocycles. The molecule has 0 atom stereocenters. The summed E-state index contributed by atoms with van der Waals surface area (Å²) in [4.78, 5) is 37.0. The Hall–Kier alpha value is -3.53. The zero-order valence-corrected chi connectivity index (χ0v) is 17.5. The normalized spacial score (nSPS) is 13.3. The number of carbonyl (C=O) groups is 2. The lowest BCUT2D eigenvalue weighted by molar-refractivity contribution is -0.384. The molecule has 3 aromatic rings. The average Bonchev–Trinajstić information content (AvgIpc) is 2.92. The van der Waals surface area contributed by atoms with Crippen molar-refractivity contribution in [3.8, 4) is 0 Å². The molecule has 0 unspecified atom stereocenters. The maximum absolute atomic E-state index is 13.0. The van der Waals surface area contributed by atoms with Gasteiger partial charge in [-0.15, -0.1) is 11.3 Å². The minimum atomic E-state index is -0.635. The van der Waals surface area contributed by atoms with Gasteiger partial charge in [0.15, 0.2) is 0 Å². The molecule has 4 rings (SSSR count). The van der Waals surface area contributed by atoms with Gasteiger partial charge in [-0.3, -0.25) is 20.3 Å². The van der Waals surface area contributed by atoms with E-state index in [4.69, 9.17) is 14.6 Å². The number of nitrogens with zero attached hydrogens (tertiary/aromatic N) is 1. The number of esters is 1. The molecule has 0 spiro atoms. The number of amides is 1. The van der Waals surface area contributed by atoms with Crippen molar-refractivity contribution in [2.75, 3.05) is 12.4 Å². The van der Waals surface area contributed by atoms with E-state index in [1.807, 2.05) is 0 Å². The number of nitrogens with one attached hydrogen (secondary N) is 2. The molecule has 0 aliphatic heterocycles. The standard InChI is InChI=1S/C21H19N3O6S/c1-29-21(26)17-13-5-3-2-4-6-16(13)31-20(17)23-19(25)14-10-11-9-12(24(27)28)7-8-15(11)30-18(14)22/h7-10,22H,2-6H2,1H3,(H,23,25). The van der Waals surface area contributed by atoms with Crippen LogP contribution in [0, 0.1) is 15.5 Å². The van der Waals surface area contributed by atoms with E-state index in [0.717, 1.165) is 42.5 Å². The molecular weight excluding hydrogens is 422 g/mol. The number of nitro benzene ring substituents is 1. The number of methoxy groups -OCH3 is 1. The van der Waals surface area contributed by atoms with Crippen molar-refractivity contribution in [2.45, 2.75) is 32.1 Å². The van der Waals surface area contributed by atoms with Gasteiger partial charge in [-0.25, -0.2) is 4.79 Å². The smallest absolute Gasteiger partial charge is 0.341 e. The molecule has 0 fully saturated rings. The van der Waals surface area contributed by atoms with Crippen molar-refractivity contribution < 1.29 is 23.7 Å². The van der Waals surface area contributed by atoms with Crippen LogP contribution in [0.25, 0.3) is 11.0 Å². The van der Waals surface area contributed by atoms with Crippen LogP contribution in [0.15, 0.2) is 28.7 Å². The quantitative estimate of drug-likeness (QED) is 0.270. The van der Waals surface area contributed by atoms with E-state index in [-0.39, 0.29) is 22.4 Å². The minimum Gasteiger partial charge on any atom is -0.465 e. The van der Waals surface area contributed by atoms with Crippen molar-refractivity contribution in [2.24, 2.45) is 0 Å². The number of nitro groups is 1. The first-order valence-electron chi connectivity index (χ1n) is 9.70. The lowest BCUT2D eigenvalue weighted by atomic mass is 10.1. The number of non-ortho nitro benzene ring substituents is 1. The van der Waals surface area contributed by atoms with Gasteiger partial charge in [0.1, 0.15) is 16.1 Å². The Bertz CT molecular complexity index is 1280. The van der Waals surface area contributed by atoms with Gasteiger partial charge in [0.2, 0.25) is 5.55 Å². The van der Waals surface area contributed by atoms with E-state index in [1.54, 1.807) is 0 Å². The fourth-order valence-electron chi connectivity index (χ4n) is 3.73. The molecule has 0 radical (unpaired) electrons. The van der Waals surface area contributed by atoms with Gasteiger partial charge in [-0.1, -0.05) is 6.42 Å². The second-order valence-corrected chi connectivity index (χ2v) is 8.29. The summed E-state index contributed by atoms with van der Waals surface area (Å²) in [6.07, 6.45) is 4.63. The highest BCUT2D eigenvalue weighted by Crippen LogP contribution is 2.38. The first-order chi connectivity index (χ1) is 14.9. The summed E-state index contributed by atoms with van der Waals surface area (Å²) in [5, 5.41) is 22.5. The number of aryl methyl sites for hydroxylation is 1. The second-order valence-electron chi connectivity index (χ2n) is 7.18. The van der Waals surface area contributed by atoms with E-state index in [2.05, 4.69) is 5.32 Å². The third-order valence-corrected chi connectivity index (χ3v) is 6.45. The Morgan fingerprint density at radius 1 is 1.23 bits per heavy atom. The van der Waals surface area contributed by atoms with Crippen LogP contribution in [0.5, 0.6) is 0 Å². The Balaban J connectivity index is 1.73. The van der Waals surface area contributed by atoms with Crippen LogP contribution < -0.4 is 10.9 Å². The summed E-state index contributed by atoms with van der Waals surface area (Å²) in [6, 6.07) is 5.31. The Kier molecular flexibility index (Phi) is 5.55. The van der Waals surface area contributed by atoms with Crippen molar-refractivity contribution in [1.82, 2.24) is 0 Å². The van der Waals surface area contributed by atoms with Gasteiger partial charge in [0, 0.05) is 22.4 Å². The molecule has 2 N–H and O–H groups in total. The number of thiophene rings is 1. The molecule has 1 aliphatic carbocycles. The lowest BCUT2D eigenvalue weighted by Gasteiger charge is -2.08. The van der Waals surface area contributed by atoms with Crippen LogP contribution in [-0.4, -0.2) is 23.9 Å². The Morgan fingerprint density at radius 3 is 2.74 bits per heavy atom. The van der Waals surface area contributed by atoms with E-state index in [9.17, 15) is 19.7 Å². The monoisotopic (exact) mass is 441 g/mol. The average molecular weight is 441 g/mol. The summed E-state index contributed by atoms with van der Waals surface area (Å²) in [5.74, 6) is -1.15. The first-order valence-corrected chi connectivity index (χ1v) is 10.5. The van der Waals surface area contributed by atoms with Crippen LogP contribution in [-0.2, 0) is 17.6 Å². The summed E-state index contributed by atoms with van der Waals surface area (Å²) in [7, 11) is 1.30. The highest BCUT2D eigenvalue weighted by molar-refractivity contribution is 7.17. The number of hydrogen-bond donors (Lipinski definition) is 2. The van der Waals surface area contributed by atoms with Gasteiger partial charge in [0.25, 0.3) is 11.6 Å². The molecule has 2 heterocycles. The Morgan fingerprint density at radius 2 is 2.00 bits per heavy atom. The number of anilines is 1. The maximum atomic E-state index is 13.0. The first kappa shape index (κ1) is 20.7. The van der Waals surface area contributed by atoms with Gasteiger partial charge in [-0.05, 0) is 43.4 Å². The largest absolute Gasteiger partial charge is 0.465 e. The van der Waals surface area contributed by atoms with E-state index >= 15 is 0 Å². The molecular formula is C21H19N3O6S. The predicted molar refractivity (Wildman–Crippen MR) is 114 cm³/mol. The molecule has 1 amide bonds. The Labute approximate surface area is 180 Å². The molecule has 0 saturated carbocycles. The summed E-state index contributed by atoms with van der Waals surface area (Å²) >= 11 is 1.34. The van der Waals surface area contributed by atoms with Gasteiger partial charge < -0.3 is 14.5 Å². The number of carbonyl (C=O) groups excluding carboxylic acids is 2. The number of rotatable bonds is 4. The lowest BCUT2D eigenvalue weighted by Crippen LogP contribution is -2.21. The molecule has 9 nitrogen and oxygen atoms in total. The van der Waals surface area contributed by atoms with E-state index in [0.29, 0.717) is 16.0 Å². The number of ether oxygens (including phenoxy) is 1. The zero-order valence-electron chi connectivity index (χ0n) is 16.6. The maximum Gasteiger partial charge on any atom is 0.341 e. The van der Waals surface area contributed by atoms with Gasteiger partial charge in [0.05, 0.1) is 17.6 Å². The fraction of sp³-hybridized carbons (Fsp3) is 0.286. The molecule has 160 valence electrons. The molecule has 1 aliphatic rings. The van der Waals surface area contributed by atoms with Crippen LogP contribution in [0.2, 0.25) is 0 Å². The molecule has 0 saturated heterocycles. The van der Waals surface area contributed by atoms with E-state index < -0.39 is 16.8 Å². The second kappa shape index (κ2) is 8.31. The zero-order chi connectivity index (χ0) is 22.1. The van der Waals surface area contributed by atoms with E-state index in [1.165, 1.54) is 42.7 Å². The summed E-state index contributed by atoms with van der Waals surface area (Å²) in [6.45, 7) is 0. The van der Waals surface area contributed by atoms with Crippen LogP contribution >= 0.6 is 11.3 Å². The predicted octanol–water partition coefficient (Wildman–Crippen LogP) is 4.19. The van der Waals surface area contributed by atoms with Gasteiger partial charge in [-0.2, -0.15) is 0 Å². The fourth-order valence-corrected chi connectivity index (χ4v) is 5.00. The third-order valence-electron chi connectivity index (χ3n) is 5.24. The summed E-state index contributed by atoms with van der Waals surface area (Å²) < 4.78 is 10.3. The third kappa shape index (κ3) is 3.93. The van der Waals surface area contributed by atoms with Crippen molar-refractivity contribution in [3.63, 3.8) is 0 Å². The molecule has 10 heteroatoms. The number of fused-ring (bicyclic) bond motifs is 2. The SMILES string of the molecule is COC(=O)c1c(NC(=O)c2cc3cc([N+](=O)[O-])ccc3oc2=N)sc2c1CCCCC2. The van der Waals surface area contributed by atoms with Crippen LogP contribution in [0.1, 0.15) is 50.4 Å².